The van der Waals surface area contributed by atoms with Gasteiger partial charge in [-0.2, -0.15) is 55.2 Å². The molecule has 1 aromatic carbocycles. The number of hydrogen-bond donors (Lipinski definition) is 0. The van der Waals surface area contributed by atoms with Gasteiger partial charge in [-0.3, -0.25) is 4.68 Å². The molecule has 0 N–H and O–H groups in total. The fraction of sp³-hybridized carbons (Fsp3) is 0.269. The molecule has 0 radical (unpaired) electrons. The fourth-order valence-corrected chi connectivity index (χ4v) is 3.66. The summed E-state index contributed by atoms with van der Waals surface area (Å²) in [7, 11) is 0. The second kappa shape index (κ2) is 10.4. The molecular formula is C26H20F6N4Pt. The first kappa shape index (κ1) is 28.6. The van der Waals surface area contributed by atoms with E-state index >= 15 is 0 Å². The summed E-state index contributed by atoms with van der Waals surface area (Å²) in [6.45, 7) is 5.64. The number of aryl methyl sites for hydroxylation is 1. The summed E-state index contributed by atoms with van der Waals surface area (Å²) in [5.41, 5.74) is -2.27. The summed E-state index contributed by atoms with van der Waals surface area (Å²) in [6.07, 6.45) is -7.59. The molecule has 0 aliphatic rings. The molecule has 3 aromatic heterocycles. The van der Waals surface area contributed by atoms with Crippen LogP contribution in [-0.4, -0.2) is 19.7 Å². The molecule has 0 saturated heterocycles. The van der Waals surface area contributed by atoms with E-state index in [1.165, 1.54) is 12.1 Å². The van der Waals surface area contributed by atoms with Gasteiger partial charge in [0.1, 0.15) is 0 Å². The van der Waals surface area contributed by atoms with E-state index in [9.17, 15) is 26.3 Å². The van der Waals surface area contributed by atoms with Crippen LogP contribution in [0, 0.1) is 12.1 Å². The Kier molecular flexibility index (Phi) is 8.03. The molecule has 4 rings (SSSR count). The van der Waals surface area contributed by atoms with Crippen molar-refractivity contribution in [3.05, 3.63) is 95.2 Å². The number of hydrogen-bond acceptors (Lipinski definition) is 3. The third kappa shape index (κ3) is 5.95. The van der Waals surface area contributed by atoms with Crippen LogP contribution in [-0.2, 0) is 45.3 Å². The van der Waals surface area contributed by atoms with Crippen molar-refractivity contribution in [2.75, 3.05) is 0 Å². The number of rotatable bonds is 5. The molecule has 3 heterocycles. The van der Waals surface area contributed by atoms with Crippen molar-refractivity contribution in [3.63, 3.8) is 0 Å². The van der Waals surface area contributed by atoms with Gasteiger partial charge in [0.05, 0.1) is 22.5 Å². The second-order valence-electron chi connectivity index (χ2n) is 8.62. The van der Waals surface area contributed by atoms with Crippen LogP contribution < -0.4 is 0 Å². The molecule has 4 nitrogen and oxygen atoms in total. The quantitative estimate of drug-likeness (QED) is 0.169. The molecule has 0 fully saturated rings. The van der Waals surface area contributed by atoms with Crippen LogP contribution in [0.15, 0.2) is 54.7 Å². The molecule has 11 heteroatoms. The largest absolute Gasteiger partial charge is 2.00 e. The fourth-order valence-electron chi connectivity index (χ4n) is 3.66. The van der Waals surface area contributed by atoms with Crippen LogP contribution >= 0.6 is 0 Å². The van der Waals surface area contributed by atoms with E-state index in [4.69, 9.17) is 0 Å². The minimum absolute atomic E-state index is 0. The van der Waals surface area contributed by atoms with E-state index in [0.29, 0.717) is 17.5 Å². The zero-order chi connectivity index (χ0) is 26.3. The van der Waals surface area contributed by atoms with Gasteiger partial charge in [0.25, 0.3) is 0 Å². The Morgan fingerprint density at radius 2 is 1.59 bits per heavy atom. The first-order valence-corrected chi connectivity index (χ1v) is 10.9. The summed E-state index contributed by atoms with van der Waals surface area (Å²) >= 11 is 0. The van der Waals surface area contributed by atoms with E-state index < -0.39 is 34.7 Å². The maximum absolute atomic E-state index is 13.6. The SMILES string of the molecule is CCc1cc[c-]c(-n2ccc(C(C)(C)c3cccc(-c4[c-]cc(C(F)(F)F)nc4C(F)(F)F)n3)n2)c1.[Pt+2]. The monoisotopic (exact) mass is 697 g/mol. The Balaban J connectivity index is 0.00000380. The molecule has 196 valence electrons. The van der Waals surface area contributed by atoms with E-state index in [2.05, 4.69) is 27.2 Å². The number of alkyl halides is 6. The van der Waals surface area contributed by atoms with E-state index in [1.54, 1.807) is 42.9 Å². The Morgan fingerprint density at radius 3 is 2.24 bits per heavy atom. The minimum atomic E-state index is -5.14. The average Bonchev–Trinajstić information content (AvgIpc) is 3.34. The van der Waals surface area contributed by atoms with Gasteiger partial charge in [-0.05, 0) is 37.4 Å². The van der Waals surface area contributed by atoms with E-state index in [0.717, 1.165) is 17.7 Å². The van der Waals surface area contributed by atoms with Gasteiger partial charge in [0.2, 0.25) is 0 Å². The molecular weight excluding hydrogens is 677 g/mol. The van der Waals surface area contributed by atoms with E-state index in [-0.39, 0.29) is 26.8 Å². The van der Waals surface area contributed by atoms with Crippen molar-refractivity contribution in [2.24, 2.45) is 0 Å². The van der Waals surface area contributed by atoms with Crippen molar-refractivity contribution >= 4 is 0 Å². The maximum Gasteiger partial charge on any atom is 2.00 e. The topological polar surface area (TPSA) is 43.6 Å². The summed E-state index contributed by atoms with van der Waals surface area (Å²) in [6, 6.07) is 17.5. The first-order valence-electron chi connectivity index (χ1n) is 10.9. The standard InChI is InChI=1S/C26H20F6N4.Pt/c1-4-16-7-5-8-17(15-16)36-14-13-21(35-36)24(2,3)20-10-6-9-19(33-20)18-11-12-22(25(27,28)29)34-23(18)26(30,31)32;/h5-7,9-10,12-15H,4H2,1-3H3;/q-2;+2. The van der Waals surface area contributed by atoms with Gasteiger partial charge in [-0.15, -0.1) is 18.2 Å². The predicted octanol–water partition coefficient (Wildman–Crippen LogP) is 6.85. The van der Waals surface area contributed by atoms with Crippen LogP contribution in [0.25, 0.3) is 16.9 Å². The van der Waals surface area contributed by atoms with Gasteiger partial charge in [0, 0.05) is 11.9 Å². The first-order chi connectivity index (χ1) is 16.8. The number of halogens is 6. The van der Waals surface area contributed by atoms with Crippen molar-refractivity contribution in [3.8, 4) is 16.9 Å². The molecule has 0 saturated carbocycles. The Morgan fingerprint density at radius 1 is 0.865 bits per heavy atom. The Hall–Kier alpha value is -3.00. The third-order valence-corrected chi connectivity index (χ3v) is 5.76. The Labute approximate surface area is 224 Å². The number of benzene rings is 1. The molecule has 0 bridgehead atoms. The smallest absolute Gasteiger partial charge is 0.335 e. The molecule has 0 unspecified atom stereocenters. The van der Waals surface area contributed by atoms with Gasteiger partial charge < -0.3 is 9.97 Å². The molecule has 0 spiro atoms. The van der Waals surface area contributed by atoms with Crippen LogP contribution in [0.5, 0.6) is 0 Å². The predicted molar refractivity (Wildman–Crippen MR) is 120 cm³/mol. The van der Waals surface area contributed by atoms with Gasteiger partial charge in [-0.1, -0.05) is 31.0 Å². The van der Waals surface area contributed by atoms with Gasteiger partial charge in [0.15, 0.2) is 0 Å². The van der Waals surface area contributed by atoms with Crippen LogP contribution in [0.2, 0.25) is 0 Å². The normalized spacial score (nSPS) is 12.4. The van der Waals surface area contributed by atoms with Gasteiger partial charge in [-0.25, -0.2) is 0 Å². The molecule has 4 aromatic rings. The minimum Gasteiger partial charge on any atom is -0.335 e. The van der Waals surface area contributed by atoms with Gasteiger partial charge >= 0.3 is 33.4 Å². The molecule has 0 atom stereocenters. The number of nitrogens with zero attached hydrogens (tertiary/aromatic N) is 4. The van der Waals surface area contributed by atoms with Crippen molar-refractivity contribution in [1.82, 2.24) is 19.7 Å². The van der Waals surface area contributed by atoms with Crippen LogP contribution in [0.4, 0.5) is 26.3 Å². The Bertz CT molecular complexity index is 1390. The van der Waals surface area contributed by atoms with Crippen LogP contribution in [0.1, 0.15) is 49.1 Å². The number of pyridine rings is 2. The third-order valence-electron chi connectivity index (χ3n) is 5.76. The molecule has 37 heavy (non-hydrogen) atoms. The summed E-state index contributed by atoms with van der Waals surface area (Å²) in [5.74, 6) is 0. The summed E-state index contributed by atoms with van der Waals surface area (Å²) in [4.78, 5) is 7.21. The molecule has 0 aliphatic heterocycles. The van der Waals surface area contributed by atoms with Crippen molar-refractivity contribution in [2.45, 2.75) is 45.0 Å². The molecule has 0 amide bonds. The maximum atomic E-state index is 13.6. The zero-order valence-corrected chi connectivity index (χ0v) is 22.0. The molecule has 0 aliphatic carbocycles. The van der Waals surface area contributed by atoms with Crippen molar-refractivity contribution in [1.29, 1.82) is 0 Å². The second-order valence-corrected chi connectivity index (χ2v) is 8.62. The summed E-state index contributed by atoms with van der Waals surface area (Å²) in [5, 5.41) is 4.62. The van der Waals surface area contributed by atoms with Crippen molar-refractivity contribution < 1.29 is 47.4 Å². The average molecular weight is 698 g/mol. The summed E-state index contributed by atoms with van der Waals surface area (Å²) < 4.78 is 81.5. The zero-order valence-electron chi connectivity index (χ0n) is 19.8. The van der Waals surface area contributed by atoms with E-state index in [1.807, 2.05) is 19.1 Å². The number of aromatic nitrogens is 4. The van der Waals surface area contributed by atoms with Crippen LogP contribution in [0.3, 0.4) is 0 Å².